The molecule has 10 nitrogen and oxygen atoms in total. The summed E-state index contributed by atoms with van der Waals surface area (Å²) in [5, 5.41) is 11.4. The van der Waals surface area contributed by atoms with Gasteiger partial charge in [0.1, 0.15) is 13.2 Å². The van der Waals surface area contributed by atoms with Crippen LogP contribution in [0.5, 0.6) is 0 Å². The minimum atomic E-state index is -0.454. The lowest BCUT2D eigenvalue weighted by Gasteiger charge is -2.37. The summed E-state index contributed by atoms with van der Waals surface area (Å²) in [7, 11) is 0. The first-order chi connectivity index (χ1) is 18.1. The monoisotopic (exact) mass is 532 g/mol. The number of esters is 2. The topological polar surface area (TPSA) is 135 Å². The second-order valence-electron chi connectivity index (χ2n) is 11.1. The van der Waals surface area contributed by atoms with Crippen molar-refractivity contribution in [2.24, 2.45) is 29.1 Å². The van der Waals surface area contributed by atoms with E-state index in [4.69, 9.17) is 9.47 Å². The standard InChI is InChI=1S/C28H44N4O6/c1-18(2)24(33)37-15-13-31-26(35)29-11-8-20-5-6-22-23(20)21-7-9-28(22,17-21)10-12-30-27(36)32-14-16-38-25(34)19(3)4/h20-23H,1,3,5-17H2,2,4H3,(H2,29,31,35)(H2,30,32,36). The molecule has 2 bridgehead atoms. The first kappa shape index (κ1) is 29.5. The second-order valence-corrected chi connectivity index (χ2v) is 11.1. The van der Waals surface area contributed by atoms with Gasteiger partial charge in [-0.25, -0.2) is 19.2 Å². The van der Waals surface area contributed by atoms with Crippen LogP contribution in [0.2, 0.25) is 0 Å². The molecule has 5 unspecified atom stereocenters. The van der Waals surface area contributed by atoms with E-state index in [1.54, 1.807) is 13.8 Å². The van der Waals surface area contributed by atoms with Crippen LogP contribution in [-0.2, 0) is 19.1 Å². The Balaban J connectivity index is 1.32. The summed E-state index contributed by atoms with van der Waals surface area (Å²) >= 11 is 0. The number of urea groups is 2. The molecule has 10 heteroatoms. The molecule has 38 heavy (non-hydrogen) atoms. The van der Waals surface area contributed by atoms with Gasteiger partial charge in [-0.3, -0.25) is 0 Å². The summed E-state index contributed by atoms with van der Waals surface area (Å²) in [6.45, 7) is 12.3. The van der Waals surface area contributed by atoms with E-state index in [2.05, 4.69) is 34.4 Å². The van der Waals surface area contributed by atoms with Crippen LogP contribution < -0.4 is 21.3 Å². The van der Waals surface area contributed by atoms with Crippen molar-refractivity contribution in [1.29, 1.82) is 0 Å². The molecule has 3 saturated carbocycles. The molecular formula is C28H44N4O6. The Morgan fingerprint density at radius 1 is 0.789 bits per heavy atom. The molecule has 3 fully saturated rings. The number of carbonyl (C=O) groups is 4. The Bertz CT molecular complexity index is 921. The third-order valence-electron chi connectivity index (χ3n) is 8.52. The summed E-state index contributed by atoms with van der Waals surface area (Å²) in [5.41, 5.74) is 0.995. The highest BCUT2D eigenvalue weighted by Gasteiger charge is 2.60. The number of amides is 4. The molecule has 0 saturated heterocycles. The van der Waals surface area contributed by atoms with E-state index < -0.39 is 11.9 Å². The molecule has 5 atom stereocenters. The molecule has 0 aromatic carbocycles. The predicted molar refractivity (Wildman–Crippen MR) is 143 cm³/mol. The van der Waals surface area contributed by atoms with Crippen molar-refractivity contribution in [2.75, 3.05) is 39.4 Å². The number of fused-ring (bicyclic) bond motifs is 5. The van der Waals surface area contributed by atoms with Gasteiger partial charge in [0.25, 0.3) is 0 Å². The van der Waals surface area contributed by atoms with Gasteiger partial charge in [0.2, 0.25) is 0 Å². The Labute approximate surface area is 225 Å². The third-order valence-corrected chi connectivity index (χ3v) is 8.52. The summed E-state index contributed by atoms with van der Waals surface area (Å²) < 4.78 is 9.96. The lowest BCUT2D eigenvalue weighted by Crippen LogP contribution is -2.40. The number of nitrogens with one attached hydrogen (secondary N) is 4. The third kappa shape index (κ3) is 7.74. The van der Waals surface area contributed by atoms with Crippen molar-refractivity contribution in [3.63, 3.8) is 0 Å². The van der Waals surface area contributed by atoms with Gasteiger partial charge in [-0.2, -0.15) is 0 Å². The Morgan fingerprint density at radius 2 is 1.34 bits per heavy atom. The van der Waals surface area contributed by atoms with Gasteiger partial charge in [-0.1, -0.05) is 13.2 Å². The highest BCUT2D eigenvalue weighted by molar-refractivity contribution is 5.87. The van der Waals surface area contributed by atoms with E-state index in [0.717, 1.165) is 18.8 Å². The fraction of sp³-hybridized carbons (Fsp3) is 0.714. The SMILES string of the molecule is C=C(C)C(=O)OCCNC(=O)NCCC1CCC2C1C1CCC2(CCNC(=O)NCCOC(=O)C(=C)C)C1. The van der Waals surface area contributed by atoms with Crippen LogP contribution in [0.15, 0.2) is 24.3 Å². The highest BCUT2D eigenvalue weighted by Crippen LogP contribution is 2.68. The summed E-state index contributed by atoms with van der Waals surface area (Å²) in [6.07, 6.45) is 8.14. The molecule has 3 aliphatic carbocycles. The number of ether oxygens (including phenoxy) is 2. The van der Waals surface area contributed by atoms with Crippen LogP contribution in [0.1, 0.15) is 58.8 Å². The average Bonchev–Trinajstić information content (AvgIpc) is 3.57. The zero-order chi connectivity index (χ0) is 27.7. The van der Waals surface area contributed by atoms with Crippen LogP contribution >= 0.6 is 0 Å². The molecule has 3 rings (SSSR count). The molecule has 4 amide bonds. The van der Waals surface area contributed by atoms with Crippen molar-refractivity contribution in [1.82, 2.24) is 21.3 Å². The normalized spacial score (nSPS) is 26.7. The zero-order valence-electron chi connectivity index (χ0n) is 22.9. The van der Waals surface area contributed by atoms with E-state index >= 15 is 0 Å². The fourth-order valence-electron chi connectivity index (χ4n) is 6.93. The summed E-state index contributed by atoms with van der Waals surface area (Å²) in [5.74, 6) is 1.89. The molecule has 4 N–H and O–H groups in total. The van der Waals surface area contributed by atoms with Gasteiger partial charge in [0.05, 0.1) is 13.1 Å². The van der Waals surface area contributed by atoms with E-state index in [1.807, 2.05) is 0 Å². The van der Waals surface area contributed by atoms with Gasteiger partial charge in [0.15, 0.2) is 0 Å². The lowest BCUT2D eigenvalue weighted by atomic mass is 9.68. The van der Waals surface area contributed by atoms with Gasteiger partial charge in [0, 0.05) is 24.2 Å². The number of carbonyl (C=O) groups excluding carboxylic acids is 4. The van der Waals surface area contributed by atoms with Crippen LogP contribution in [0.25, 0.3) is 0 Å². The van der Waals surface area contributed by atoms with Crippen molar-refractivity contribution in [3.05, 3.63) is 24.3 Å². The number of hydrogen-bond acceptors (Lipinski definition) is 6. The minimum absolute atomic E-state index is 0.122. The minimum Gasteiger partial charge on any atom is -0.460 e. The molecule has 0 aliphatic heterocycles. The predicted octanol–water partition coefficient (Wildman–Crippen LogP) is 3.05. The van der Waals surface area contributed by atoms with Crippen LogP contribution in [0.3, 0.4) is 0 Å². The van der Waals surface area contributed by atoms with E-state index in [9.17, 15) is 19.2 Å². The van der Waals surface area contributed by atoms with E-state index in [-0.39, 0.29) is 38.4 Å². The van der Waals surface area contributed by atoms with E-state index in [1.165, 1.54) is 32.1 Å². The fourth-order valence-corrected chi connectivity index (χ4v) is 6.93. The smallest absolute Gasteiger partial charge is 0.333 e. The largest absolute Gasteiger partial charge is 0.460 e. The molecule has 0 aromatic heterocycles. The number of rotatable bonds is 14. The summed E-state index contributed by atoms with van der Waals surface area (Å²) in [4.78, 5) is 47.0. The van der Waals surface area contributed by atoms with Crippen LogP contribution in [-0.4, -0.2) is 63.4 Å². The molecule has 0 heterocycles. The maximum atomic E-state index is 12.1. The molecular weight excluding hydrogens is 488 g/mol. The lowest BCUT2D eigenvalue weighted by molar-refractivity contribution is -0.139. The zero-order valence-corrected chi connectivity index (χ0v) is 22.9. The van der Waals surface area contributed by atoms with Crippen molar-refractivity contribution < 1.29 is 28.7 Å². The van der Waals surface area contributed by atoms with Gasteiger partial charge in [-0.05, 0) is 87.9 Å². The van der Waals surface area contributed by atoms with E-state index in [0.29, 0.717) is 47.4 Å². The Hall–Kier alpha value is -3.04. The van der Waals surface area contributed by atoms with Crippen LogP contribution in [0, 0.1) is 29.1 Å². The van der Waals surface area contributed by atoms with Crippen molar-refractivity contribution >= 4 is 24.0 Å². The highest BCUT2D eigenvalue weighted by atomic mass is 16.5. The maximum Gasteiger partial charge on any atom is 0.333 e. The van der Waals surface area contributed by atoms with Crippen molar-refractivity contribution in [3.8, 4) is 0 Å². The molecule has 212 valence electrons. The van der Waals surface area contributed by atoms with Gasteiger partial charge < -0.3 is 30.7 Å². The molecule has 0 radical (unpaired) electrons. The van der Waals surface area contributed by atoms with Crippen LogP contribution in [0.4, 0.5) is 9.59 Å². The van der Waals surface area contributed by atoms with Crippen molar-refractivity contribution in [2.45, 2.75) is 58.8 Å². The van der Waals surface area contributed by atoms with Gasteiger partial charge in [-0.15, -0.1) is 0 Å². The first-order valence-electron chi connectivity index (χ1n) is 13.8. The molecule has 0 spiro atoms. The molecule has 3 aliphatic rings. The van der Waals surface area contributed by atoms with Gasteiger partial charge >= 0.3 is 24.0 Å². The average molecular weight is 533 g/mol. The maximum absolute atomic E-state index is 12.1. The quantitative estimate of drug-likeness (QED) is 0.154. The number of hydrogen-bond donors (Lipinski definition) is 4. The molecule has 0 aromatic rings. The first-order valence-corrected chi connectivity index (χ1v) is 13.8. The Kier molecular flexibility index (Phi) is 10.6. The Morgan fingerprint density at radius 3 is 1.92 bits per heavy atom. The second kappa shape index (κ2) is 13.7. The summed E-state index contributed by atoms with van der Waals surface area (Å²) in [6, 6.07) is -0.479.